The quantitative estimate of drug-likeness (QED) is 0.205. The Hall–Kier alpha value is -4.76. The minimum atomic E-state index is 0.135. The lowest BCUT2D eigenvalue weighted by molar-refractivity contribution is 1.21. The van der Waals surface area contributed by atoms with Gasteiger partial charge in [-0.25, -0.2) is 0 Å². The van der Waals surface area contributed by atoms with Crippen LogP contribution < -0.4 is 26.2 Å². The van der Waals surface area contributed by atoms with Crippen LogP contribution in [0.25, 0.3) is 10.8 Å². The molecule has 0 aromatic heterocycles. The SMILES string of the molecule is C=C/C=C(\C=C)N1c2ccccc2B2c3ccccc3N(c3cccc4ccccc34)c3cccc1c32. The number of hydrogen-bond acceptors (Lipinski definition) is 2. The molecule has 2 heterocycles. The second-order valence-electron chi connectivity index (χ2n) is 9.46. The highest BCUT2D eigenvalue weighted by Gasteiger charge is 2.42. The van der Waals surface area contributed by atoms with E-state index in [1.165, 1.54) is 55.6 Å². The zero-order valence-corrected chi connectivity index (χ0v) is 20.5. The number of rotatable bonds is 4. The number of hydrogen-bond donors (Lipinski definition) is 0. The number of benzene rings is 5. The third-order valence-corrected chi connectivity index (χ3v) is 7.57. The average molecular weight is 472 g/mol. The molecule has 0 fully saturated rings. The average Bonchev–Trinajstić information content (AvgIpc) is 2.96. The highest BCUT2D eigenvalue weighted by molar-refractivity contribution is 7.00. The maximum Gasteiger partial charge on any atom is 0.252 e. The molecule has 0 amide bonds. The van der Waals surface area contributed by atoms with Crippen LogP contribution >= 0.6 is 0 Å². The van der Waals surface area contributed by atoms with E-state index in [1.807, 2.05) is 18.2 Å². The normalized spacial score (nSPS) is 13.6. The standard InChI is InChI=1S/C34H25BN2/c1-3-13-25(4-2)36-30-19-9-7-17-27(30)35-28-18-8-10-20-31(28)37(33-23-12-22-32(36)34(33)35)29-21-11-15-24-14-5-6-16-26(24)29/h3-23H,1-2H2/b25-13+. The van der Waals surface area contributed by atoms with Crippen molar-refractivity contribution in [1.82, 2.24) is 0 Å². The van der Waals surface area contributed by atoms with Crippen LogP contribution in [0.1, 0.15) is 0 Å². The van der Waals surface area contributed by atoms with Crippen LogP contribution in [-0.4, -0.2) is 6.71 Å². The Morgan fingerprint density at radius 1 is 0.595 bits per heavy atom. The van der Waals surface area contributed by atoms with E-state index in [1.54, 1.807) is 0 Å². The molecule has 0 N–H and O–H groups in total. The fraction of sp³-hybridized carbons (Fsp3) is 0. The smallest absolute Gasteiger partial charge is 0.252 e. The van der Waals surface area contributed by atoms with Crippen LogP contribution in [0.4, 0.5) is 28.4 Å². The molecule has 174 valence electrons. The molecule has 5 aromatic rings. The van der Waals surface area contributed by atoms with Crippen LogP contribution in [0, 0.1) is 0 Å². The topological polar surface area (TPSA) is 6.48 Å². The van der Waals surface area contributed by atoms with Crippen molar-refractivity contribution in [2.75, 3.05) is 9.80 Å². The molecule has 0 unspecified atom stereocenters. The number of allylic oxidation sites excluding steroid dienone is 3. The third kappa shape index (κ3) is 3.07. The molecule has 0 saturated carbocycles. The van der Waals surface area contributed by atoms with Gasteiger partial charge >= 0.3 is 0 Å². The summed E-state index contributed by atoms with van der Waals surface area (Å²) >= 11 is 0. The van der Waals surface area contributed by atoms with Gasteiger partial charge in [-0.1, -0.05) is 98.1 Å². The number of para-hydroxylation sites is 2. The lowest BCUT2D eigenvalue weighted by Gasteiger charge is -2.44. The van der Waals surface area contributed by atoms with E-state index in [2.05, 4.69) is 132 Å². The molecular formula is C34H25BN2. The van der Waals surface area contributed by atoms with Crippen molar-refractivity contribution in [3.8, 4) is 0 Å². The van der Waals surface area contributed by atoms with Gasteiger partial charge in [-0.15, -0.1) is 0 Å². The molecule has 0 bridgehead atoms. The van der Waals surface area contributed by atoms with Gasteiger partial charge in [-0.05, 0) is 64.3 Å². The van der Waals surface area contributed by atoms with Gasteiger partial charge in [0.15, 0.2) is 0 Å². The largest absolute Gasteiger partial charge is 0.311 e. The fourth-order valence-electron chi connectivity index (χ4n) is 6.13. The Morgan fingerprint density at radius 3 is 2.00 bits per heavy atom. The molecule has 0 atom stereocenters. The van der Waals surface area contributed by atoms with Gasteiger partial charge in [0.05, 0.1) is 5.69 Å². The van der Waals surface area contributed by atoms with Gasteiger partial charge in [0, 0.05) is 33.8 Å². The molecule has 2 nitrogen and oxygen atoms in total. The van der Waals surface area contributed by atoms with Gasteiger partial charge in [-0.3, -0.25) is 0 Å². The molecule has 0 saturated heterocycles. The Morgan fingerprint density at radius 2 is 1.19 bits per heavy atom. The summed E-state index contributed by atoms with van der Waals surface area (Å²) in [6, 6.07) is 39.5. The molecule has 5 aromatic carbocycles. The number of anilines is 5. The highest BCUT2D eigenvalue weighted by atomic mass is 15.2. The first-order valence-electron chi connectivity index (χ1n) is 12.7. The lowest BCUT2D eigenvalue weighted by atomic mass is 9.33. The summed E-state index contributed by atoms with van der Waals surface area (Å²) in [5, 5.41) is 2.47. The minimum absolute atomic E-state index is 0.135. The summed E-state index contributed by atoms with van der Waals surface area (Å²) in [6.07, 6.45) is 5.78. The van der Waals surface area contributed by atoms with Crippen LogP contribution in [0.3, 0.4) is 0 Å². The second-order valence-corrected chi connectivity index (χ2v) is 9.46. The molecule has 2 aliphatic rings. The van der Waals surface area contributed by atoms with Gasteiger partial charge in [0.1, 0.15) is 0 Å². The van der Waals surface area contributed by atoms with E-state index >= 15 is 0 Å². The molecule has 37 heavy (non-hydrogen) atoms. The molecule has 7 rings (SSSR count). The Bertz CT molecular complexity index is 1740. The summed E-state index contributed by atoms with van der Waals surface area (Å²) < 4.78 is 0. The molecule has 3 heteroatoms. The Balaban J connectivity index is 1.59. The first-order valence-corrected chi connectivity index (χ1v) is 12.7. The Labute approximate surface area is 218 Å². The number of fused-ring (bicyclic) bond motifs is 5. The molecule has 0 aliphatic carbocycles. The maximum atomic E-state index is 4.14. The summed E-state index contributed by atoms with van der Waals surface area (Å²) in [5.74, 6) is 0. The van der Waals surface area contributed by atoms with Gasteiger partial charge in [0.25, 0.3) is 6.71 Å². The van der Waals surface area contributed by atoms with Crippen molar-refractivity contribution in [3.63, 3.8) is 0 Å². The van der Waals surface area contributed by atoms with Crippen molar-refractivity contribution < 1.29 is 0 Å². The molecule has 2 aliphatic heterocycles. The molecule has 0 spiro atoms. The van der Waals surface area contributed by atoms with E-state index in [0.29, 0.717) is 0 Å². The second kappa shape index (κ2) is 8.42. The van der Waals surface area contributed by atoms with Crippen molar-refractivity contribution in [3.05, 3.63) is 146 Å². The van der Waals surface area contributed by atoms with E-state index in [0.717, 1.165) is 5.70 Å². The van der Waals surface area contributed by atoms with E-state index in [9.17, 15) is 0 Å². The fourth-order valence-corrected chi connectivity index (χ4v) is 6.13. The number of nitrogens with zero attached hydrogens (tertiary/aromatic N) is 2. The maximum absolute atomic E-state index is 4.14. The Kier molecular flexibility index (Phi) is 4.90. The summed E-state index contributed by atoms with van der Waals surface area (Å²) in [4.78, 5) is 4.78. The first kappa shape index (κ1) is 21.5. The summed E-state index contributed by atoms with van der Waals surface area (Å²) in [6.45, 7) is 8.24. The zero-order valence-electron chi connectivity index (χ0n) is 20.5. The monoisotopic (exact) mass is 472 g/mol. The predicted octanol–water partition coefficient (Wildman–Crippen LogP) is 6.85. The van der Waals surface area contributed by atoms with Crippen LogP contribution in [0.15, 0.2) is 146 Å². The van der Waals surface area contributed by atoms with Crippen LogP contribution in [0.5, 0.6) is 0 Å². The van der Waals surface area contributed by atoms with E-state index in [-0.39, 0.29) is 6.71 Å². The summed E-state index contributed by atoms with van der Waals surface area (Å²) in [7, 11) is 0. The molecule has 0 radical (unpaired) electrons. The van der Waals surface area contributed by atoms with Crippen molar-refractivity contribution in [1.29, 1.82) is 0 Å². The van der Waals surface area contributed by atoms with Gasteiger partial charge in [-0.2, -0.15) is 0 Å². The minimum Gasteiger partial charge on any atom is -0.311 e. The predicted molar refractivity (Wildman–Crippen MR) is 160 cm³/mol. The van der Waals surface area contributed by atoms with Crippen molar-refractivity contribution in [2.45, 2.75) is 0 Å². The van der Waals surface area contributed by atoms with Crippen LogP contribution in [-0.2, 0) is 0 Å². The van der Waals surface area contributed by atoms with Crippen molar-refractivity contribution in [2.24, 2.45) is 0 Å². The van der Waals surface area contributed by atoms with Crippen molar-refractivity contribution >= 4 is 62.3 Å². The third-order valence-electron chi connectivity index (χ3n) is 7.57. The summed E-state index contributed by atoms with van der Waals surface area (Å²) in [5.41, 5.74) is 10.9. The lowest BCUT2D eigenvalue weighted by Crippen LogP contribution is -2.61. The highest BCUT2D eigenvalue weighted by Crippen LogP contribution is 2.44. The van der Waals surface area contributed by atoms with Crippen LogP contribution in [0.2, 0.25) is 0 Å². The van der Waals surface area contributed by atoms with Gasteiger partial charge in [0.2, 0.25) is 0 Å². The van der Waals surface area contributed by atoms with E-state index in [4.69, 9.17) is 0 Å². The first-order chi connectivity index (χ1) is 18.3. The zero-order chi connectivity index (χ0) is 24.9. The van der Waals surface area contributed by atoms with Gasteiger partial charge < -0.3 is 9.80 Å². The van der Waals surface area contributed by atoms with E-state index < -0.39 is 0 Å². The molecular weight excluding hydrogens is 447 g/mol.